The lowest BCUT2D eigenvalue weighted by Crippen LogP contribution is -2.21. The van der Waals surface area contributed by atoms with E-state index in [1.807, 2.05) is 30.3 Å². The molecule has 0 amide bonds. The molecule has 1 N–H and O–H groups in total. The number of anilines is 1. The molecule has 0 radical (unpaired) electrons. The first kappa shape index (κ1) is 18.6. The molecule has 0 fully saturated rings. The van der Waals surface area contributed by atoms with E-state index in [0.29, 0.717) is 11.3 Å². The van der Waals surface area contributed by atoms with Crippen molar-refractivity contribution < 1.29 is 21.6 Å². The highest BCUT2D eigenvalue weighted by atomic mass is 32.2. The van der Waals surface area contributed by atoms with E-state index in [-0.39, 0.29) is 18.6 Å². The molecule has 0 saturated carbocycles. The van der Waals surface area contributed by atoms with E-state index in [1.165, 1.54) is 0 Å². The van der Waals surface area contributed by atoms with Gasteiger partial charge < -0.3 is 10.8 Å². The average molecular weight is 377 g/mol. The number of rotatable bonds is 6. The monoisotopic (exact) mass is 377 g/mol. The van der Waals surface area contributed by atoms with Gasteiger partial charge >= 0.3 is 0 Å². The molecule has 25 heavy (non-hydrogen) atoms. The van der Waals surface area contributed by atoms with Gasteiger partial charge in [-0.2, -0.15) is 21.6 Å². The van der Waals surface area contributed by atoms with Gasteiger partial charge in [-0.15, -0.1) is 0 Å². The van der Waals surface area contributed by atoms with E-state index < -0.39 is 26.5 Å². The third-order valence-electron chi connectivity index (χ3n) is 3.51. The summed E-state index contributed by atoms with van der Waals surface area (Å²) in [5.74, 6) is -0.449. The minimum Gasteiger partial charge on any atom is -0.361 e. The van der Waals surface area contributed by atoms with E-state index >= 15 is 0 Å². The molecular formula is C16H15N3O4S2. The molecule has 0 saturated heterocycles. The van der Waals surface area contributed by atoms with Crippen molar-refractivity contribution in [3.8, 4) is 0 Å². The number of allylic oxidation sites excluding steroid dienone is 3. The summed E-state index contributed by atoms with van der Waals surface area (Å²) in [4.78, 5) is 3.20. The maximum absolute atomic E-state index is 10.8. The molecule has 1 aromatic carbocycles. The number of para-hydroxylation sites is 1. The van der Waals surface area contributed by atoms with Crippen molar-refractivity contribution in [1.29, 1.82) is 0 Å². The van der Waals surface area contributed by atoms with Crippen LogP contribution in [0.25, 0.3) is 5.53 Å². The molecule has 1 aromatic rings. The summed E-state index contributed by atoms with van der Waals surface area (Å²) >= 11 is 0. The van der Waals surface area contributed by atoms with Crippen molar-refractivity contribution in [2.24, 2.45) is 5.92 Å². The van der Waals surface area contributed by atoms with E-state index in [1.54, 1.807) is 12.2 Å². The van der Waals surface area contributed by atoms with Crippen molar-refractivity contribution in [1.82, 2.24) is 0 Å². The summed E-state index contributed by atoms with van der Waals surface area (Å²) < 4.78 is 43.2. The van der Waals surface area contributed by atoms with Crippen LogP contribution in [-0.2, 0) is 20.6 Å². The fourth-order valence-corrected chi connectivity index (χ4v) is 3.04. The largest absolute Gasteiger partial charge is 0.361 e. The lowest BCUT2D eigenvalue weighted by molar-refractivity contribution is -0.00901. The molecule has 0 aliphatic heterocycles. The minimum absolute atomic E-state index is 0.116. The molecule has 1 atom stereocenters. The zero-order chi connectivity index (χ0) is 18.2. The Morgan fingerprint density at radius 2 is 1.76 bits per heavy atom. The first-order valence-electron chi connectivity index (χ1n) is 7.29. The highest BCUT2D eigenvalue weighted by Gasteiger charge is 2.26. The van der Waals surface area contributed by atoms with Crippen LogP contribution in [0.2, 0.25) is 0 Å². The van der Waals surface area contributed by atoms with Gasteiger partial charge in [0.1, 0.15) is 0 Å². The zero-order valence-electron chi connectivity index (χ0n) is 13.0. The molecule has 0 aromatic heterocycles. The van der Waals surface area contributed by atoms with Gasteiger partial charge in [-0.05, 0) is 30.2 Å². The smallest absolute Gasteiger partial charge is 0.299 e. The van der Waals surface area contributed by atoms with Crippen LogP contribution in [0.3, 0.4) is 0 Å². The Balaban J connectivity index is 2.41. The van der Waals surface area contributed by atoms with E-state index in [2.05, 4.69) is 10.1 Å². The molecule has 7 nitrogen and oxygen atoms in total. The molecule has 0 spiro atoms. The van der Waals surface area contributed by atoms with Crippen LogP contribution >= 0.6 is 0 Å². The van der Waals surface area contributed by atoms with Crippen LogP contribution in [0.5, 0.6) is 0 Å². The van der Waals surface area contributed by atoms with Crippen LogP contribution in [0.1, 0.15) is 12.8 Å². The maximum Gasteiger partial charge on any atom is 0.299 e. The molecule has 9 heteroatoms. The Kier molecular flexibility index (Phi) is 6.64. The Morgan fingerprint density at radius 1 is 1.08 bits per heavy atom. The van der Waals surface area contributed by atoms with Gasteiger partial charge in [0.15, 0.2) is 0 Å². The van der Waals surface area contributed by atoms with Gasteiger partial charge in [-0.3, -0.25) is 0 Å². The summed E-state index contributed by atoms with van der Waals surface area (Å²) in [6.07, 6.45) is 3.53. The molecular weight excluding hydrogens is 362 g/mol. The van der Waals surface area contributed by atoms with Crippen LogP contribution < -0.4 is 5.32 Å². The zero-order valence-corrected chi connectivity index (χ0v) is 14.7. The van der Waals surface area contributed by atoms with Crippen molar-refractivity contribution in [2.45, 2.75) is 12.8 Å². The lowest BCUT2D eigenvalue weighted by Gasteiger charge is -2.19. The maximum atomic E-state index is 10.8. The third kappa shape index (κ3) is 5.68. The van der Waals surface area contributed by atoms with Crippen molar-refractivity contribution in [3.63, 3.8) is 0 Å². The van der Waals surface area contributed by atoms with Crippen LogP contribution in [-0.4, -0.2) is 38.1 Å². The minimum atomic E-state index is -2.32. The van der Waals surface area contributed by atoms with Gasteiger partial charge in [0.05, 0.1) is 5.92 Å². The summed E-state index contributed by atoms with van der Waals surface area (Å²) in [5, 5.41) is 5.37. The Morgan fingerprint density at radius 3 is 2.36 bits per heavy atom. The van der Waals surface area contributed by atoms with Crippen molar-refractivity contribution >= 4 is 42.7 Å². The molecule has 1 aliphatic carbocycles. The van der Waals surface area contributed by atoms with Crippen LogP contribution in [0.15, 0.2) is 53.8 Å². The SMILES string of the molecule is [N-]=[N+]=C1C=C(CC=S(=O)=O)C(Nc2ccccc2)=CC1CC=S(=O)=O. The fourth-order valence-electron chi connectivity index (χ4n) is 2.36. The number of benzene rings is 1. The second-order valence-corrected chi connectivity index (χ2v) is 6.88. The quantitative estimate of drug-likeness (QED) is 0.456. The molecule has 2 rings (SSSR count). The van der Waals surface area contributed by atoms with E-state index in [4.69, 9.17) is 0 Å². The Bertz CT molecular complexity index is 1010. The topological polar surface area (TPSA) is 117 Å². The summed E-state index contributed by atoms with van der Waals surface area (Å²) in [6.45, 7) is 0. The van der Waals surface area contributed by atoms with Gasteiger partial charge in [0.2, 0.25) is 20.6 Å². The molecule has 0 heterocycles. The number of hydrogen-bond acceptors (Lipinski definition) is 5. The van der Waals surface area contributed by atoms with E-state index in [0.717, 1.165) is 16.4 Å². The van der Waals surface area contributed by atoms with Crippen molar-refractivity contribution in [2.75, 3.05) is 5.32 Å². The van der Waals surface area contributed by atoms with Gasteiger partial charge in [-0.1, -0.05) is 18.2 Å². The predicted molar refractivity (Wildman–Crippen MR) is 97.5 cm³/mol. The van der Waals surface area contributed by atoms with Gasteiger partial charge in [0.25, 0.3) is 5.71 Å². The van der Waals surface area contributed by atoms with Crippen molar-refractivity contribution in [3.05, 3.63) is 59.3 Å². The molecule has 1 aliphatic rings. The second-order valence-electron chi connectivity index (χ2n) is 5.17. The Hall–Kier alpha value is -2.74. The number of nitrogens with zero attached hydrogens (tertiary/aromatic N) is 2. The third-order valence-corrected chi connectivity index (χ3v) is 4.41. The highest BCUT2D eigenvalue weighted by Crippen LogP contribution is 2.25. The average Bonchev–Trinajstić information content (AvgIpc) is 2.59. The van der Waals surface area contributed by atoms with Crippen LogP contribution in [0, 0.1) is 5.92 Å². The number of nitrogens with one attached hydrogen (secondary N) is 1. The Labute approximate surface area is 148 Å². The lowest BCUT2D eigenvalue weighted by atomic mass is 9.89. The fraction of sp³-hybridized carbons (Fsp3) is 0.188. The van der Waals surface area contributed by atoms with Gasteiger partial charge in [-0.25, -0.2) is 0 Å². The molecule has 0 bridgehead atoms. The van der Waals surface area contributed by atoms with E-state index in [9.17, 15) is 22.4 Å². The first-order chi connectivity index (χ1) is 12.0. The molecule has 1 unspecified atom stereocenters. The summed E-state index contributed by atoms with van der Waals surface area (Å²) in [6, 6.07) is 9.25. The first-order valence-corrected chi connectivity index (χ1v) is 9.56. The normalized spacial score (nSPS) is 16.2. The van der Waals surface area contributed by atoms with Crippen LogP contribution in [0.4, 0.5) is 5.69 Å². The van der Waals surface area contributed by atoms with Gasteiger partial charge in [0, 0.05) is 34.6 Å². The highest BCUT2D eigenvalue weighted by molar-refractivity contribution is 7.71. The summed E-state index contributed by atoms with van der Waals surface area (Å²) in [5.41, 5.74) is 11.5. The number of hydrogen-bond donors (Lipinski definition) is 1. The standard InChI is InChI=1S/C16H15N3O4S2/c17-19-16-11-12(6-8-24(20)21)15(10-13(16)7-9-25(22)23)18-14-4-2-1-3-5-14/h1-5,8-11,13,18H,6-7H2. The summed E-state index contributed by atoms with van der Waals surface area (Å²) in [7, 11) is -4.64. The predicted octanol–water partition coefficient (Wildman–Crippen LogP) is 1.35. The molecule has 130 valence electrons. The second kappa shape index (κ2) is 8.93.